The van der Waals surface area contributed by atoms with Gasteiger partial charge in [0.1, 0.15) is 5.82 Å². The van der Waals surface area contributed by atoms with Gasteiger partial charge in [-0.3, -0.25) is 9.59 Å². The van der Waals surface area contributed by atoms with E-state index in [0.717, 1.165) is 10.0 Å². The Kier molecular flexibility index (Phi) is 6.77. The summed E-state index contributed by atoms with van der Waals surface area (Å²) < 4.78 is 14.1. The average molecular weight is 455 g/mol. The van der Waals surface area contributed by atoms with E-state index in [9.17, 15) is 14.0 Å². The highest BCUT2D eigenvalue weighted by atomic mass is 79.9. The Morgan fingerprint density at radius 1 is 0.966 bits per heavy atom. The van der Waals surface area contributed by atoms with E-state index >= 15 is 0 Å². The molecule has 4 nitrogen and oxygen atoms in total. The van der Waals surface area contributed by atoms with Gasteiger partial charge in [-0.1, -0.05) is 39.7 Å². The third-order valence-electron chi connectivity index (χ3n) is 4.39. The van der Waals surface area contributed by atoms with Crippen molar-refractivity contribution in [2.75, 3.05) is 18.0 Å². The van der Waals surface area contributed by atoms with Gasteiger partial charge < -0.3 is 10.2 Å². The summed E-state index contributed by atoms with van der Waals surface area (Å²) >= 11 is 3.34. The average Bonchev–Trinajstić information content (AvgIpc) is 2.72. The van der Waals surface area contributed by atoms with E-state index in [4.69, 9.17) is 0 Å². The van der Waals surface area contributed by atoms with Crippen molar-refractivity contribution in [3.63, 3.8) is 0 Å². The molecule has 6 heteroatoms. The van der Waals surface area contributed by atoms with Crippen LogP contribution in [0.3, 0.4) is 0 Å². The summed E-state index contributed by atoms with van der Waals surface area (Å²) in [6, 6.07) is 20.0. The maximum absolute atomic E-state index is 13.3. The van der Waals surface area contributed by atoms with Gasteiger partial charge in [0.25, 0.3) is 11.8 Å². The molecule has 3 aromatic rings. The number of nitrogens with one attached hydrogen (secondary N) is 1. The highest BCUT2D eigenvalue weighted by Crippen LogP contribution is 2.18. The van der Waals surface area contributed by atoms with Crippen LogP contribution in [0.1, 0.15) is 26.3 Å². The van der Waals surface area contributed by atoms with Crippen LogP contribution in [0, 0.1) is 12.7 Å². The molecule has 0 spiro atoms. The Morgan fingerprint density at radius 2 is 1.66 bits per heavy atom. The summed E-state index contributed by atoms with van der Waals surface area (Å²) in [7, 11) is 0. The van der Waals surface area contributed by atoms with Gasteiger partial charge in [0, 0.05) is 34.4 Å². The summed E-state index contributed by atoms with van der Waals surface area (Å²) in [5.74, 6) is -0.819. The first-order valence-electron chi connectivity index (χ1n) is 9.12. The molecule has 0 unspecified atom stereocenters. The van der Waals surface area contributed by atoms with E-state index in [-0.39, 0.29) is 30.7 Å². The van der Waals surface area contributed by atoms with Crippen LogP contribution >= 0.6 is 15.9 Å². The minimum atomic E-state index is -0.376. The van der Waals surface area contributed by atoms with Crippen LogP contribution in [-0.2, 0) is 0 Å². The fourth-order valence-corrected chi connectivity index (χ4v) is 3.23. The number of amides is 2. The second kappa shape index (κ2) is 9.47. The van der Waals surface area contributed by atoms with E-state index in [0.29, 0.717) is 16.8 Å². The number of benzene rings is 3. The standard InChI is InChI=1S/C23H20BrFN2O2/c1-16-5-7-17(8-6-16)23(29)27(21-11-9-20(25)10-12-21)14-13-26-22(28)18-3-2-4-19(24)15-18/h2-12,15H,13-14H2,1H3,(H,26,28). The zero-order chi connectivity index (χ0) is 20.8. The predicted octanol–water partition coefficient (Wildman–Crippen LogP) is 4.97. The van der Waals surface area contributed by atoms with E-state index < -0.39 is 0 Å². The summed E-state index contributed by atoms with van der Waals surface area (Å²) in [5, 5.41) is 2.83. The van der Waals surface area contributed by atoms with E-state index in [2.05, 4.69) is 21.2 Å². The lowest BCUT2D eigenvalue weighted by Gasteiger charge is -2.23. The number of anilines is 1. The van der Waals surface area contributed by atoms with Gasteiger partial charge >= 0.3 is 0 Å². The van der Waals surface area contributed by atoms with Crippen molar-refractivity contribution >= 4 is 33.4 Å². The Labute approximate surface area is 177 Å². The van der Waals surface area contributed by atoms with Crippen LogP contribution in [0.4, 0.5) is 10.1 Å². The molecule has 148 valence electrons. The molecule has 0 saturated heterocycles. The number of hydrogen-bond donors (Lipinski definition) is 1. The molecular formula is C23H20BrFN2O2. The molecule has 0 bridgehead atoms. The molecule has 1 N–H and O–H groups in total. The molecule has 2 amide bonds. The Balaban J connectivity index is 1.74. The van der Waals surface area contributed by atoms with E-state index in [1.807, 2.05) is 25.1 Å². The van der Waals surface area contributed by atoms with Crippen LogP contribution in [-0.4, -0.2) is 24.9 Å². The first-order chi connectivity index (χ1) is 13.9. The number of carbonyl (C=O) groups is 2. The normalized spacial score (nSPS) is 10.4. The van der Waals surface area contributed by atoms with Crippen LogP contribution in [0.2, 0.25) is 0 Å². The van der Waals surface area contributed by atoms with Crippen molar-refractivity contribution in [1.82, 2.24) is 5.32 Å². The molecule has 0 fully saturated rings. The lowest BCUT2D eigenvalue weighted by atomic mass is 10.1. The molecule has 0 radical (unpaired) electrons. The topological polar surface area (TPSA) is 49.4 Å². The smallest absolute Gasteiger partial charge is 0.258 e. The maximum atomic E-state index is 13.3. The maximum Gasteiger partial charge on any atom is 0.258 e. The first kappa shape index (κ1) is 20.7. The third kappa shape index (κ3) is 5.51. The van der Waals surface area contributed by atoms with Gasteiger partial charge in [-0.2, -0.15) is 0 Å². The molecule has 0 saturated carbocycles. The highest BCUT2D eigenvalue weighted by molar-refractivity contribution is 9.10. The number of halogens is 2. The molecule has 0 aliphatic heterocycles. The van der Waals surface area contributed by atoms with E-state index in [1.54, 1.807) is 42.5 Å². The molecule has 29 heavy (non-hydrogen) atoms. The Bertz CT molecular complexity index is 1000. The fraction of sp³-hybridized carbons (Fsp3) is 0.130. The SMILES string of the molecule is Cc1ccc(C(=O)N(CCNC(=O)c2cccc(Br)c2)c2ccc(F)cc2)cc1. The van der Waals surface area contributed by atoms with Crippen LogP contribution in [0.15, 0.2) is 77.3 Å². The van der Waals surface area contributed by atoms with Crippen molar-refractivity contribution in [1.29, 1.82) is 0 Å². The first-order valence-corrected chi connectivity index (χ1v) is 9.91. The van der Waals surface area contributed by atoms with Crippen LogP contribution in [0.25, 0.3) is 0 Å². The van der Waals surface area contributed by atoms with Gasteiger partial charge in [-0.15, -0.1) is 0 Å². The van der Waals surface area contributed by atoms with E-state index in [1.165, 1.54) is 17.0 Å². The second-order valence-electron chi connectivity index (χ2n) is 6.57. The summed E-state index contributed by atoms with van der Waals surface area (Å²) in [5.41, 5.74) is 2.67. The Hall–Kier alpha value is -2.99. The highest BCUT2D eigenvalue weighted by Gasteiger charge is 2.18. The van der Waals surface area contributed by atoms with Crippen LogP contribution < -0.4 is 10.2 Å². The third-order valence-corrected chi connectivity index (χ3v) is 4.88. The molecule has 0 aliphatic carbocycles. The van der Waals surface area contributed by atoms with Crippen molar-refractivity contribution in [2.24, 2.45) is 0 Å². The molecule has 3 aromatic carbocycles. The minimum Gasteiger partial charge on any atom is -0.350 e. The Morgan fingerprint density at radius 3 is 2.31 bits per heavy atom. The lowest BCUT2D eigenvalue weighted by molar-refractivity contribution is 0.0943. The number of rotatable bonds is 6. The van der Waals surface area contributed by atoms with Crippen molar-refractivity contribution in [3.05, 3.63) is 99.8 Å². The second-order valence-corrected chi connectivity index (χ2v) is 7.48. The largest absolute Gasteiger partial charge is 0.350 e. The minimum absolute atomic E-state index is 0.215. The van der Waals surface area contributed by atoms with Crippen molar-refractivity contribution in [3.8, 4) is 0 Å². The number of nitrogens with zero attached hydrogens (tertiary/aromatic N) is 1. The lowest BCUT2D eigenvalue weighted by Crippen LogP contribution is -2.38. The zero-order valence-corrected chi connectivity index (χ0v) is 17.4. The summed E-state index contributed by atoms with van der Waals surface area (Å²) in [6.07, 6.45) is 0. The summed E-state index contributed by atoms with van der Waals surface area (Å²) in [4.78, 5) is 26.9. The zero-order valence-electron chi connectivity index (χ0n) is 15.9. The molecule has 0 heterocycles. The molecular weight excluding hydrogens is 435 g/mol. The quantitative estimate of drug-likeness (QED) is 0.571. The predicted molar refractivity (Wildman–Crippen MR) is 116 cm³/mol. The van der Waals surface area contributed by atoms with Crippen LogP contribution in [0.5, 0.6) is 0 Å². The van der Waals surface area contributed by atoms with Gasteiger partial charge in [-0.05, 0) is 61.5 Å². The number of aryl methyl sites for hydroxylation is 1. The number of hydrogen-bond acceptors (Lipinski definition) is 2. The van der Waals surface area contributed by atoms with Gasteiger partial charge in [-0.25, -0.2) is 4.39 Å². The van der Waals surface area contributed by atoms with Gasteiger partial charge in [0.2, 0.25) is 0 Å². The van der Waals surface area contributed by atoms with Gasteiger partial charge in [0.15, 0.2) is 0 Å². The molecule has 0 aromatic heterocycles. The van der Waals surface area contributed by atoms with Crippen molar-refractivity contribution in [2.45, 2.75) is 6.92 Å². The van der Waals surface area contributed by atoms with Gasteiger partial charge in [0.05, 0.1) is 0 Å². The monoisotopic (exact) mass is 454 g/mol. The van der Waals surface area contributed by atoms with Crippen molar-refractivity contribution < 1.29 is 14.0 Å². The fourth-order valence-electron chi connectivity index (χ4n) is 2.83. The number of carbonyl (C=O) groups excluding carboxylic acids is 2. The summed E-state index contributed by atoms with van der Waals surface area (Å²) in [6.45, 7) is 2.45. The molecule has 3 rings (SSSR count). The molecule has 0 aliphatic rings. The molecule has 0 atom stereocenters.